The summed E-state index contributed by atoms with van der Waals surface area (Å²) in [5.74, 6) is 0.126. The van der Waals surface area contributed by atoms with Gasteiger partial charge in [-0.05, 0) is 43.5 Å². The summed E-state index contributed by atoms with van der Waals surface area (Å²) >= 11 is 10.8. The molecule has 0 N–H and O–H groups in total. The zero-order valence-electron chi connectivity index (χ0n) is 11.3. The summed E-state index contributed by atoms with van der Waals surface area (Å²) in [5, 5.41) is 0. The summed E-state index contributed by atoms with van der Waals surface area (Å²) in [5.41, 5.74) is 1.88. The number of halogens is 3. The first kappa shape index (κ1) is 21.1. The van der Waals surface area contributed by atoms with E-state index in [1.807, 2.05) is 13.8 Å². The molecule has 0 bridgehead atoms. The maximum absolute atomic E-state index is 12.1. The minimum atomic E-state index is -3.20. The molecule has 0 atom stereocenters. The Morgan fingerprint density at radius 3 is 2.05 bits per heavy atom. The van der Waals surface area contributed by atoms with Crippen molar-refractivity contribution in [1.29, 1.82) is 0 Å². The van der Waals surface area contributed by atoms with Crippen molar-refractivity contribution in [2.24, 2.45) is 0 Å². The molecule has 3 nitrogen and oxygen atoms in total. The van der Waals surface area contributed by atoms with Gasteiger partial charge in [-0.3, -0.25) is 0 Å². The fourth-order valence-corrected chi connectivity index (χ4v) is 3.27. The first-order chi connectivity index (χ1) is 9.30. The second-order valence-electron chi connectivity index (χ2n) is 4.08. The molecular formula is C12H17Br3CuO3S. The van der Waals surface area contributed by atoms with Crippen LogP contribution in [0.25, 0.3) is 0 Å². The van der Waals surface area contributed by atoms with E-state index in [-0.39, 0.29) is 5.75 Å². The molecule has 0 amide bonds. The molecule has 0 fully saturated rings. The van der Waals surface area contributed by atoms with Gasteiger partial charge in [0.05, 0.1) is 10.6 Å². The van der Waals surface area contributed by atoms with Crippen molar-refractivity contribution in [3.8, 4) is 0 Å². The van der Waals surface area contributed by atoms with E-state index in [2.05, 4.69) is 44.2 Å². The van der Waals surface area contributed by atoms with Gasteiger partial charge in [-0.25, -0.2) is 8.42 Å². The fourth-order valence-electron chi connectivity index (χ4n) is 1.60. The molecule has 0 radical (unpaired) electrons. The quantitative estimate of drug-likeness (QED) is 0.403. The molecule has 0 aromatic heterocycles. The van der Waals surface area contributed by atoms with Gasteiger partial charge in [0.25, 0.3) is 0 Å². The van der Waals surface area contributed by atoms with Crippen LogP contribution in [-0.4, -0.2) is 27.9 Å². The van der Waals surface area contributed by atoms with Crippen LogP contribution in [0.1, 0.15) is 17.5 Å². The standard InChI is InChI=1S/C12H17BrO3S.2BrH.Cu/c1-9-7-11(8-10(2)12(9)13)17(14,15)6-4-5-16-3;;;/h7-8H,4-6H2,1-3H3;2*1H;/q;;;+2/p-2. The van der Waals surface area contributed by atoms with Gasteiger partial charge < -0.3 is 4.74 Å². The van der Waals surface area contributed by atoms with E-state index in [1.165, 1.54) is 11.3 Å². The third kappa shape index (κ3) is 7.38. The Morgan fingerprint density at radius 2 is 1.65 bits per heavy atom. The molecule has 0 saturated heterocycles. The SMILES string of the molecule is COCCCS(=O)(=O)c1cc(C)c(Br)c(C)c1.[Br][Cu][Br]. The number of hydrogen-bond acceptors (Lipinski definition) is 3. The van der Waals surface area contributed by atoms with Crippen LogP contribution in [-0.2, 0) is 25.9 Å². The Balaban J connectivity index is 0.00000110. The Morgan fingerprint density at radius 1 is 1.20 bits per heavy atom. The van der Waals surface area contributed by atoms with Gasteiger partial charge >= 0.3 is 39.6 Å². The Kier molecular flexibility index (Phi) is 11.3. The van der Waals surface area contributed by atoms with Crippen molar-refractivity contribution in [1.82, 2.24) is 0 Å². The van der Waals surface area contributed by atoms with Crippen LogP contribution in [0.5, 0.6) is 0 Å². The van der Waals surface area contributed by atoms with E-state index in [4.69, 9.17) is 4.74 Å². The average Bonchev–Trinajstić information content (AvgIpc) is 2.36. The molecule has 0 aliphatic rings. The zero-order chi connectivity index (χ0) is 15.8. The van der Waals surface area contributed by atoms with Crippen LogP contribution in [0.3, 0.4) is 0 Å². The predicted octanol–water partition coefficient (Wildman–Crippen LogP) is 4.56. The van der Waals surface area contributed by atoms with E-state index in [1.54, 1.807) is 19.2 Å². The van der Waals surface area contributed by atoms with Crippen LogP contribution in [0.4, 0.5) is 0 Å². The molecule has 0 heterocycles. The number of ether oxygens (including phenoxy) is 1. The van der Waals surface area contributed by atoms with Gasteiger partial charge in [0.1, 0.15) is 0 Å². The predicted molar refractivity (Wildman–Crippen MR) is 90.0 cm³/mol. The summed E-state index contributed by atoms with van der Waals surface area (Å²) in [6, 6.07) is 3.42. The molecule has 0 saturated carbocycles. The molecule has 1 aromatic rings. The van der Waals surface area contributed by atoms with Crippen molar-refractivity contribution in [2.75, 3.05) is 19.5 Å². The van der Waals surface area contributed by atoms with E-state index >= 15 is 0 Å². The zero-order valence-corrected chi connectivity index (χ0v) is 17.9. The third-order valence-corrected chi connectivity index (χ3v) is 5.56. The summed E-state index contributed by atoms with van der Waals surface area (Å²) in [4.78, 5) is 0.395. The number of rotatable bonds is 5. The van der Waals surface area contributed by atoms with E-state index in [0.717, 1.165) is 15.6 Å². The molecule has 8 heteroatoms. The number of aryl methyl sites for hydroxylation is 2. The second-order valence-corrected chi connectivity index (χ2v) is 11.7. The van der Waals surface area contributed by atoms with Gasteiger partial charge in [0.2, 0.25) is 0 Å². The molecule has 1 aromatic carbocycles. The molecular weight excluding hydrogens is 527 g/mol. The molecule has 121 valence electrons. The molecule has 1 rings (SSSR count). The van der Waals surface area contributed by atoms with Crippen molar-refractivity contribution in [3.63, 3.8) is 0 Å². The van der Waals surface area contributed by atoms with Crippen molar-refractivity contribution in [2.45, 2.75) is 25.2 Å². The van der Waals surface area contributed by atoms with Gasteiger partial charge in [-0.2, -0.15) is 0 Å². The monoisotopic (exact) mass is 541 g/mol. The van der Waals surface area contributed by atoms with Gasteiger partial charge in [0.15, 0.2) is 9.84 Å². The Hall–Kier alpha value is 1.09. The fraction of sp³-hybridized carbons (Fsp3) is 0.500. The van der Waals surface area contributed by atoms with Gasteiger partial charge in [-0.15, -0.1) is 0 Å². The Labute approximate surface area is 149 Å². The first-order valence-corrected chi connectivity index (χ1v) is 12.7. The number of methoxy groups -OCH3 is 1. The van der Waals surface area contributed by atoms with Crippen molar-refractivity contribution >= 4 is 54.0 Å². The number of benzene rings is 1. The summed E-state index contributed by atoms with van der Waals surface area (Å²) < 4.78 is 29.9. The van der Waals surface area contributed by atoms with E-state index < -0.39 is 9.84 Å². The average molecular weight is 545 g/mol. The van der Waals surface area contributed by atoms with E-state index in [0.29, 0.717) is 17.9 Å². The summed E-state index contributed by atoms with van der Waals surface area (Å²) in [6.45, 7) is 4.25. The van der Waals surface area contributed by atoms with Crippen molar-refractivity contribution < 1.29 is 24.5 Å². The van der Waals surface area contributed by atoms with Crippen LogP contribution >= 0.6 is 44.2 Å². The number of hydrogen-bond donors (Lipinski definition) is 0. The normalized spacial score (nSPS) is 11.1. The molecule has 20 heavy (non-hydrogen) atoms. The Bertz CT molecular complexity index is 498. The van der Waals surface area contributed by atoms with Crippen LogP contribution in [0.2, 0.25) is 0 Å². The summed E-state index contributed by atoms with van der Waals surface area (Å²) in [6.07, 6.45) is 0.521. The minimum absolute atomic E-state index is 0.126. The molecule has 0 spiro atoms. The first-order valence-electron chi connectivity index (χ1n) is 5.59. The van der Waals surface area contributed by atoms with Gasteiger partial charge in [-0.1, -0.05) is 15.9 Å². The van der Waals surface area contributed by atoms with E-state index in [9.17, 15) is 8.42 Å². The van der Waals surface area contributed by atoms with Gasteiger partial charge in [0, 0.05) is 18.2 Å². The van der Waals surface area contributed by atoms with Crippen LogP contribution in [0, 0.1) is 13.8 Å². The second kappa shape index (κ2) is 10.8. The van der Waals surface area contributed by atoms with Crippen LogP contribution in [0.15, 0.2) is 21.5 Å². The van der Waals surface area contributed by atoms with Crippen LogP contribution < -0.4 is 0 Å². The molecule has 0 aliphatic carbocycles. The third-order valence-electron chi connectivity index (χ3n) is 2.53. The topological polar surface area (TPSA) is 43.4 Å². The number of sulfone groups is 1. The maximum atomic E-state index is 12.1. The molecule has 0 unspecified atom stereocenters. The summed E-state index contributed by atoms with van der Waals surface area (Å²) in [7, 11) is -1.63. The van der Waals surface area contributed by atoms with Crippen molar-refractivity contribution in [3.05, 3.63) is 27.7 Å². The molecule has 0 aliphatic heterocycles.